The Hall–Kier alpha value is -1.89. The number of anilines is 1. The first kappa shape index (κ1) is 8.21. The molecule has 0 amide bonds. The molecule has 12 heavy (non-hydrogen) atoms. The van der Waals surface area contributed by atoms with Crippen molar-refractivity contribution in [2.45, 2.75) is 0 Å². The Balaban J connectivity index is 3.24. The lowest BCUT2D eigenvalue weighted by Gasteiger charge is -1.97. The van der Waals surface area contributed by atoms with E-state index in [4.69, 9.17) is 5.84 Å². The minimum Gasteiger partial charge on any atom is -0.310 e. The van der Waals surface area contributed by atoms with Crippen molar-refractivity contribution in [2.24, 2.45) is 5.84 Å². The number of hydrogen-bond donors (Lipinski definition) is 3. The van der Waals surface area contributed by atoms with Crippen LogP contribution in [0.15, 0.2) is 16.9 Å². The van der Waals surface area contributed by atoms with Crippen molar-refractivity contribution >= 4 is 11.5 Å². The van der Waals surface area contributed by atoms with E-state index in [9.17, 15) is 14.9 Å². The van der Waals surface area contributed by atoms with Crippen molar-refractivity contribution in [1.29, 1.82) is 0 Å². The monoisotopic (exact) mass is 170 g/mol. The molecule has 0 unspecified atom stereocenters. The van der Waals surface area contributed by atoms with Gasteiger partial charge in [-0.1, -0.05) is 0 Å². The summed E-state index contributed by atoms with van der Waals surface area (Å²) in [4.78, 5) is 22.5. The molecule has 0 fully saturated rings. The Labute approximate surface area is 66.3 Å². The largest absolute Gasteiger partial charge is 0.310 e. The maximum absolute atomic E-state index is 10.7. The number of nitrogens with one attached hydrogen (secondary N) is 2. The average Bonchev–Trinajstić information content (AvgIpc) is 2.03. The zero-order valence-electron chi connectivity index (χ0n) is 5.90. The topological polar surface area (TPSA) is 114 Å². The molecule has 1 rings (SSSR count). The van der Waals surface area contributed by atoms with E-state index in [1.54, 1.807) is 0 Å². The quantitative estimate of drug-likeness (QED) is 0.316. The molecule has 0 saturated carbocycles. The summed E-state index contributed by atoms with van der Waals surface area (Å²) in [6.07, 6.45) is 0. The maximum Gasteiger partial charge on any atom is 0.278 e. The molecule has 0 spiro atoms. The van der Waals surface area contributed by atoms with Crippen LogP contribution in [0, 0.1) is 10.1 Å². The second kappa shape index (κ2) is 3.01. The molecule has 0 aliphatic heterocycles. The molecule has 0 aliphatic rings. The van der Waals surface area contributed by atoms with E-state index in [0.29, 0.717) is 0 Å². The number of aromatic amines is 1. The number of H-pyrrole nitrogens is 1. The highest BCUT2D eigenvalue weighted by atomic mass is 16.6. The van der Waals surface area contributed by atoms with Crippen molar-refractivity contribution in [1.82, 2.24) is 4.98 Å². The molecule has 7 nitrogen and oxygen atoms in total. The van der Waals surface area contributed by atoms with Crippen LogP contribution in [0.25, 0.3) is 0 Å². The summed E-state index contributed by atoms with van der Waals surface area (Å²) < 4.78 is 0. The van der Waals surface area contributed by atoms with Gasteiger partial charge in [0.2, 0.25) is 0 Å². The first-order valence-corrected chi connectivity index (χ1v) is 2.99. The minimum absolute atomic E-state index is 0.106. The Morgan fingerprint density at radius 2 is 2.25 bits per heavy atom. The molecule has 0 saturated heterocycles. The Morgan fingerprint density at radius 1 is 1.58 bits per heavy atom. The summed E-state index contributed by atoms with van der Waals surface area (Å²) in [7, 11) is 0. The summed E-state index contributed by atoms with van der Waals surface area (Å²) in [5, 5.41) is 10.2. The number of nitrogens with two attached hydrogens (primary N) is 1. The van der Waals surface area contributed by atoms with Crippen LogP contribution in [0.1, 0.15) is 0 Å². The van der Waals surface area contributed by atoms with Crippen LogP contribution in [0.2, 0.25) is 0 Å². The van der Waals surface area contributed by atoms with Gasteiger partial charge in [0, 0.05) is 0 Å². The Kier molecular flexibility index (Phi) is 2.06. The smallest absolute Gasteiger partial charge is 0.278 e. The van der Waals surface area contributed by atoms with Crippen LogP contribution >= 0.6 is 0 Å². The molecule has 0 bridgehead atoms. The van der Waals surface area contributed by atoms with Crippen molar-refractivity contribution in [3.63, 3.8) is 0 Å². The summed E-state index contributed by atoms with van der Waals surface area (Å²) in [5.41, 5.74) is 1.23. The fourth-order valence-electron chi connectivity index (χ4n) is 0.712. The molecule has 1 aromatic rings. The van der Waals surface area contributed by atoms with Gasteiger partial charge in [-0.2, -0.15) is 0 Å². The Bertz CT molecular complexity index is 358. The van der Waals surface area contributed by atoms with Crippen LogP contribution in [-0.4, -0.2) is 9.91 Å². The van der Waals surface area contributed by atoms with Crippen molar-refractivity contribution < 1.29 is 4.92 Å². The predicted molar refractivity (Wildman–Crippen MR) is 41.5 cm³/mol. The number of nitrogen functional groups attached to an aromatic ring is 1. The van der Waals surface area contributed by atoms with Gasteiger partial charge in [0.25, 0.3) is 11.2 Å². The lowest BCUT2D eigenvalue weighted by molar-refractivity contribution is -0.384. The normalized spacial score (nSPS) is 9.42. The number of hydrazine groups is 1. The summed E-state index contributed by atoms with van der Waals surface area (Å²) >= 11 is 0. The van der Waals surface area contributed by atoms with E-state index in [1.165, 1.54) is 0 Å². The maximum atomic E-state index is 10.7. The molecule has 1 aromatic heterocycles. The van der Waals surface area contributed by atoms with E-state index >= 15 is 0 Å². The summed E-state index contributed by atoms with van der Waals surface area (Å²) in [6, 6.07) is 2.00. The molecule has 0 aromatic carbocycles. The molecule has 7 heteroatoms. The molecule has 1 heterocycles. The first-order chi connectivity index (χ1) is 5.63. The Morgan fingerprint density at radius 3 is 2.75 bits per heavy atom. The van der Waals surface area contributed by atoms with Crippen molar-refractivity contribution in [2.75, 3.05) is 5.43 Å². The van der Waals surface area contributed by atoms with Gasteiger partial charge in [0.05, 0.1) is 17.1 Å². The lowest BCUT2D eigenvalue weighted by Crippen LogP contribution is -2.14. The number of rotatable bonds is 2. The van der Waals surface area contributed by atoms with Crippen LogP contribution in [0.5, 0.6) is 0 Å². The molecule has 0 radical (unpaired) electrons. The highest BCUT2D eigenvalue weighted by molar-refractivity contribution is 5.42. The molecule has 64 valence electrons. The third-order valence-electron chi connectivity index (χ3n) is 1.20. The van der Waals surface area contributed by atoms with E-state index in [0.717, 1.165) is 12.1 Å². The highest BCUT2D eigenvalue weighted by Crippen LogP contribution is 2.09. The zero-order valence-corrected chi connectivity index (χ0v) is 5.90. The third-order valence-corrected chi connectivity index (χ3v) is 1.20. The van der Waals surface area contributed by atoms with Crippen LogP contribution in [0.3, 0.4) is 0 Å². The number of pyridine rings is 1. The molecule has 0 atom stereocenters. The molecule has 0 aliphatic carbocycles. The second-order valence-corrected chi connectivity index (χ2v) is 2.02. The molecular weight excluding hydrogens is 164 g/mol. The standard InChI is InChI=1S/C5H6N4O3/c6-8-4-1-3(9(11)12)2-5(10)7-4/h1-2H,6H2,(H2,7,8,10). The number of hydrogen-bond acceptors (Lipinski definition) is 5. The highest BCUT2D eigenvalue weighted by Gasteiger charge is 2.07. The van der Waals surface area contributed by atoms with Gasteiger partial charge in [0.15, 0.2) is 0 Å². The average molecular weight is 170 g/mol. The van der Waals surface area contributed by atoms with E-state index in [1.807, 2.05) is 0 Å². The fraction of sp³-hybridized carbons (Fsp3) is 0. The zero-order chi connectivity index (χ0) is 9.14. The van der Waals surface area contributed by atoms with E-state index < -0.39 is 10.5 Å². The third kappa shape index (κ3) is 1.58. The van der Waals surface area contributed by atoms with Crippen molar-refractivity contribution in [3.05, 3.63) is 32.6 Å². The lowest BCUT2D eigenvalue weighted by atomic mass is 10.4. The van der Waals surface area contributed by atoms with Gasteiger partial charge < -0.3 is 10.4 Å². The number of nitro groups is 1. The summed E-state index contributed by atoms with van der Waals surface area (Å²) in [6.45, 7) is 0. The second-order valence-electron chi connectivity index (χ2n) is 2.02. The summed E-state index contributed by atoms with van der Waals surface area (Å²) in [5.74, 6) is 5.05. The minimum atomic E-state index is -0.671. The predicted octanol–water partition coefficient (Wildman–Crippen LogP) is -0.431. The SMILES string of the molecule is NNc1cc([N+](=O)[O-])cc(=O)[nH]1. The molecular formula is C5H6N4O3. The van der Waals surface area contributed by atoms with Gasteiger partial charge in [-0.15, -0.1) is 0 Å². The van der Waals surface area contributed by atoms with Crippen molar-refractivity contribution in [3.8, 4) is 0 Å². The van der Waals surface area contributed by atoms with E-state index in [-0.39, 0.29) is 11.5 Å². The molecule has 4 N–H and O–H groups in total. The van der Waals surface area contributed by atoms with Crippen LogP contribution in [0.4, 0.5) is 11.5 Å². The van der Waals surface area contributed by atoms with Gasteiger partial charge in [-0.05, 0) is 0 Å². The number of nitrogens with zero attached hydrogens (tertiary/aromatic N) is 1. The van der Waals surface area contributed by atoms with Crippen LogP contribution < -0.4 is 16.8 Å². The van der Waals surface area contributed by atoms with Crippen LogP contribution in [-0.2, 0) is 0 Å². The van der Waals surface area contributed by atoms with Gasteiger partial charge >= 0.3 is 0 Å². The van der Waals surface area contributed by atoms with Gasteiger partial charge in [-0.3, -0.25) is 14.9 Å². The van der Waals surface area contributed by atoms with Gasteiger partial charge in [-0.25, -0.2) is 5.84 Å². The van der Waals surface area contributed by atoms with Gasteiger partial charge in [0.1, 0.15) is 5.82 Å². The van der Waals surface area contributed by atoms with E-state index in [2.05, 4.69) is 10.4 Å². The fourth-order valence-corrected chi connectivity index (χ4v) is 0.712. The first-order valence-electron chi connectivity index (χ1n) is 2.99. The number of aromatic nitrogens is 1.